The second-order valence-corrected chi connectivity index (χ2v) is 4.88. The quantitative estimate of drug-likeness (QED) is 0.725. The van der Waals surface area contributed by atoms with Gasteiger partial charge in [-0.05, 0) is 44.6 Å². The summed E-state index contributed by atoms with van der Waals surface area (Å²) in [4.78, 5) is 0. The third-order valence-electron chi connectivity index (χ3n) is 1.97. The van der Waals surface area contributed by atoms with Crippen LogP contribution in [0.25, 0.3) is 10.9 Å². The van der Waals surface area contributed by atoms with Crippen molar-refractivity contribution in [3.8, 4) is 5.75 Å². The molecule has 1 aromatic carbocycles. The lowest BCUT2D eigenvalue weighted by atomic mass is 10.2. The van der Waals surface area contributed by atoms with Crippen LogP contribution >= 0.6 is 38.5 Å². The number of fused-ring (bicyclic) bond motifs is 1. The van der Waals surface area contributed by atoms with E-state index in [1.54, 1.807) is 11.8 Å². The van der Waals surface area contributed by atoms with Crippen molar-refractivity contribution < 1.29 is 4.74 Å². The molecule has 2 rings (SSSR count). The van der Waals surface area contributed by atoms with Crippen molar-refractivity contribution >= 4 is 49.4 Å². The van der Waals surface area contributed by atoms with Crippen LogP contribution in [0.15, 0.2) is 16.7 Å². The zero-order valence-electron chi connectivity index (χ0n) is 7.71. The maximum Gasteiger partial charge on any atom is 0.148 e. The predicted molar refractivity (Wildman–Crippen MR) is 67.7 cm³/mol. The van der Waals surface area contributed by atoms with Gasteiger partial charge in [0.2, 0.25) is 0 Å². The van der Waals surface area contributed by atoms with Crippen molar-refractivity contribution in [3.05, 3.63) is 20.3 Å². The largest absolute Gasteiger partial charge is 0.494 e. The number of hydrogen-bond acceptors (Lipinski definition) is 2. The van der Waals surface area contributed by atoms with Gasteiger partial charge in [-0.15, -0.1) is 0 Å². The van der Waals surface area contributed by atoms with Gasteiger partial charge in [-0.1, -0.05) is 0 Å². The molecule has 0 saturated heterocycles. The Kier molecular flexibility index (Phi) is 2.70. The highest BCUT2D eigenvalue weighted by molar-refractivity contribution is 14.1. The first-order valence-corrected chi connectivity index (χ1v) is 5.86. The van der Waals surface area contributed by atoms with Gasteiger partial charge in [0.05, 0.1) is 15.2 Å². The predicted octanol–water partition coefficient (Wildman–Crippen LogP) is 2.95. The lowest BCUT2D eigenvalue weighted by Crippen LogP contribution is -1.90. The van der Waals surface area contributed by atoms with E-state index in [1.165, 1.54) is 0 Å². The van der Waals surface area contributed by atoms with Gasteiger partial charge in [0.15, 0.2) is 0 Å². The molecule has 0 aliphatic heterocycles. The Bertz CT molecular complexity index is 495. The number of methoxy groups -OCH3 is 1. The van der Waals surface area contributed by atoms with Crippen LogP contribution in [0, 0.1) is 3.57 Å². The molecule has 0 bridgehead atoms. The van der Waals surface area contributed by atoms with Crippen LogP contribution in [-0.2, 0) is 7.05 Å². The molecule has 0 spiro atoms. The minimum absolute atomic E-state index is 0.844. The van der Waals surface area contributed by atoms with E-state index in [2.05, 4.69) is 43.6 Å². The average Bonchev–Trinajstić information content (AvgIpc) is 2.47. The summed E-state index contributed by atoms with van der Waals surface area (Å²) < 4.78 is 9.09. The fourth-order valence-corrected chi connectivity index (χ4v) is 3.29. The highest BCUT2D eigenvalue weighted by atomic mass is 127. The zero-order chi connectivity index (χ0) is 10.3. The smallest absolute Gasteiger partial charge is 0.148 e. The summed E-state index contributed by atoms with van der Waals surface area (Å²) >= 11 is 5.72. The molecular formula is C9H8BrIN2O. The molecule has 0 N–H and O–H groups in total. The van der Waals surface area contributed by atoms with Crippen LogP contribution in [-0.4, -0.2) is 16.9 Å². The molecule has 0 atom stereocenters. The summed E-state index contributed by atoms with van der Waals surface area (Å²) in [7, 11) is 3.58. The molecule has 0 fully saturated rings. The van der Waals surface area contributed by atoms with E-state index >= 15 is 0 Å². The normalized spacial score (nSPS) is 10.9. The molecule has 0 radical (unpaired) electrons. The molecular weight excluding hydrogens is 359 g/mol. The van der Waals surface area contributed by atoms with Crippen molar-refractivity contribution in [3.63, 3.8) is 0 Å². The van der Waals surface area contributed by atoms with Crippen molar-refractivity contribution in [1.29, 1.82) is 0 Å². The lowest BCUT2D eigenvalue weighted by Gasteiger charge is -2.05. The maximum atomic E-state index is 5.29. The monoisotopic (exact) mass is 366 g/mol. The fourth-order valence-electron chi connectivity index (χ4n) is 1.38. The van der Waals surface area contributed by atoms with Crippen LogP contribution in [0.2, 0.25) is 0 Å². The number of rotatable bonds is 1. The number of nitrogens with zero attached hydrogens (tertiary/aromatic N) is 2. The van der Waals surface area contributed by atoms with Crippen molar-refractivity contribution in [2.45, 2.75) is 0 Å². The average molecular weight is 367 g/mol. The molecule has 2 aromatic rings. The Hall–Kier alpha value is -0.300. The highest BCUT2D eigenvalue weighted by Gasteiger charge is 2.12. The number of benzene rings is 1. The molecule has 0 saturated carbocycles. The first-order chi connectivity index (χ1) is 6.63. The Labute approximate surface area is 104 Å². The van der Waals surface area contributed by atoms with Crippen molar-refractivity contribution in [1.82, 2.24) is 9.78 Å². The molecule has 5 heteroatoms. The summed E-state index contributed by atoms with van der Waals surface area (Å²) in [6.07, 6.45) is 1.99. The highest BCUT2D eigenvalue weighted by Crippen LogP contribution is 2.35. The first-order valence-electron chi connectivity index (χ1n) is 3.99. The molecule has 1 aromatic heterocycles. The molecule has 3 nitrogen and oxygen atoms in total. The van der Waals surface area contributed by atoms with Gasteiger partial charge in [0, 0.05) is 18.6 Å². The number of ether oxygens (including phenoxy) is 1. The Morgan fingerprint density at radius 1 is 1.57 bits per heavy atom. The molecule has 14 heavy (non-hydrogen) atoms. The van der Waals surface area contributed by atoms with E-state index in [9.17, 15) is 0 Å². The standard InChI is InChI=1S/C9H8BrIN2O/c1-13-4-5-3-6(10)9(14-2)7(11)8(5)12-13/h3-4H,1-2H3. The zero-order valence-corrected chi connectivity index (χ0v) is 11.5. The minimum atomic E-state index is 0.844. The first kappa shape index (κ1) is 10.2. The molecule has 0 unspecified atom stereocenters. The summed E-state index contributed by atoms with van der Waals surface area (Å²) in [6.45, 7) is 0. The third-order valence-corrected chi connectivity index (χ3v) is 3.56. The number of aryl methyl sites for hydroxylation is 1. The van der Waals surface area contributed by atoms with Crippen molar-refractivity contribution in [2.24, 2.45) is 7.05 Å². The summed E-state index contributed by atoms with van der Waals surface area (Å²) in [5, 5.41) is 5.49. The molecule has 0 amide bonds. The van der Waals surface area contributed by atoms with E-state index in [4.69, 9.17) is 4.74 Å². The topological polar surface area (TPSA) is 27.1 Å². The Morgan fingerprint density at radius 2 is 2.29 bits per heavy atom. The SMILES string of the molecule is COc1c(Br)cc2cn(C)nc2c1I. The van der Waals surface area contributed by atoms with Crippen LogP contribution in [0.5, 0.6) is 5.75 Å². The van der Waals surface area contributed by atoms with E-state index in [1.807, 2.05) is 19.3 Å². The van der Waals surface area contributed by atoms with E-state index in [0.717, 1.165) is 24.7 Å². The van der Waals surface area contributed by atoms with Gasteiger partial charge < -0.3 is 4.74 Å². The van der Waals surface area contributed by atoms with Crippen LogP contribution in [0.4, 0.5) is 0 Å². The van der Waals surface area contributed by atoms with Crippen LogP contribution in [0.1, 0.15) is 0 Å². The minimum Gasteiger partial charge on any atom is -0.494 e. The van der Waals surface area contributed by atoms with Crippen molar-refractivity contribution in [2.75, 3.05) is 7.11 Å². The van der Waals surface area contributed by atoms with Gasteiger partial charge in [-0.3, -0.25) is 4.68 Å². The molecule has 1 heterocycles. The van der Waals surface area contributed by atoms with Gasteiger partial charge in [-0.25, -0.2) is 0 Å². The molecule has 0 aliphatic rings. The van der Waals surface area contributed by atoms with Crippen LogP contribution < -0.4 is 4.74 Å². The Balaban J connectivity index is 2.84. The summed E-state index contributed by atoms with van der Waals surface area (Å²) in [6, 6.07) is 2.02. The summed E-state index contributed by atoms with van der Waals surface area (Å²) in [5.41, 5.74) is 0.980. The Morgan fingerprint density at radius 3 is 2.93 bits per heavy atom. The number of halogens is 2. The van der Waals surface area contributed by atoms with Gasteiger partial charge in [0.25, 0.3) is 0 Å². The van der Waals surface area contributed by atoms with Gasteiger partial charge in [0.1, 0.15) is 11.3 Å². The van der Waals surface area contributed by atoms with Gasteiger partial charge in [-0.2, -0.15) is 5.10 Å². The number of hydrogen-bond donors (Lipinski definition) is 0. The second kappa shape index (κ2) is 3.69. The summed E-state index contributed by atoms with van der Waals surface area (Å²) in [5.74, 6) is 0.844. The molecule has 74 valence electrons. The lowest BCUT2D eigenvalue weighted by molar-refractivity contribution is 0.410. The fraction of sp³-hybridized carbons (Fsp3) is 0.222. The van der Waals surface area contributed by atoms with E-state index in [0.29, 0.717) is 0 Å². The second-order valence-electron chi connectivity index (χ2n) is 2.95. The molecule has 0 aliphatic carbocycles. The van der Waals surface area contributed by atoms with Gasteiger partial charge >= 0.3 is 0 Å². The third kappa shape index (κ3) is 1.52. The van der Waals surface area contributed by atoms with E-state index in [-0.39, 0.29) is 0 Å². The van der Waals surface area contributed by atoms with E-state index < -0.39 is 0 Å². The maximum absolute atomic E-state index is 5.29. The van der Waals surface area contributed by atoms with Crippen LogP contribution in [0.3, 0.4) is 0 Å². The number of aromatic nitrogens is 2.